The molecule has 4 heteroatoms. The van der Waals surface area contributed by atoms with Gasteiger partial charge in [0.2, 0.25) is 5.91 Å². The molecule has 2 aliphatic rings. The number of nitrogens with one attached hydrogen (secondary N) is 2. The maximum Gasteiger partial charge on any atom is 0.224 e. The summed E-state index contributed by atoms with van der Waals surface area (Å²) in [6.07, 6.45) is 3.46. The molecule has 1 aliphatic carbocycles. The zero-order valence-electron chi connectivity index (χ0n) is 12.9. The summed E-state index contributed by atoms with van der Waals surface area (Å²) < 4.78 is 1.29. The molecule has 1 saturated carbocycles. The van der Waals surface area contributed by atoms with E-state index in [-0.39, 0.29) is 23.3 Å². The minimum atomic E-state index is 0.0813. The lowest BCUT2D eigenvalue weighted by atomic mass is 9.93. The maximum atomic E-state index is 12.6. The topological polar surface area (TPSA) is 41.1 Å². The summed E-state index contributed by atoms with van der Waals surface area (Å²) in [7, 11) is 0. The van der Waals surface area contributed by atoms with Gasteiger partial charge in [0.05, 0.1) is 6.04 Å². The van der Waals surface area contributed by atoms with Crippen LogP contribution < -0.4 is 10.6 Å². The normalized spacial score (nSPS) is 28.7. The molecule has 1 saturated heterocycles. The van der Waals surface area contributed by atoms with E-state index in [1.54, 1.807) is 11.3 Å². The molecule has 0 bridgehead atoms. The third kappa shape index (κ3) is 2.34. The summed E-state index contributed by atoms with van der Waals surface area (Å²) in [6.45, 7) is 4.22. The molecular weight excluding hydrogens is 292 g/mol. The summed E-state index contributed by atoms with van der Waals surface area (Å²) in [6, 6.07) is 8.50. The lowest BCUT2D eigenvalue weighted by Gasteiger charge is -2.24. The van der Waals surface area contributed by atoms with Gasteiger partial charge in [0, 0.05) is 17.2 Å². The molecule has 2 fully saturated rings. The highest BCUT2D eigenvalue weighted by Gasteiger charge is 2.57. The van der Waals surface area contributed by atoms with Crippen LogP contribution in [-0.2, 0) is 4.79 Å². The Kier molecular flexibility index (Phi) is 3.46. The van der Waals surface area contributed by atoms with Gasteiger partial charge in [0.15, 0.2) is 0 Å². The van der Waals surface area contributed by atoms with Crippen molar-refractivity contribution < 1.29 is 4.79 Å². The van der Waals surface area contributed by atoms with Crippen LogP contribution in [0.15, 0.2) is 29.6 Å². The fourth-order valence-corrected chi connectivity index (χ4v) is 4.96. The number of piperidine rings is 1. The van der Waals surface area contributed by atoms with Gasteiger partial charge in [-0.2, -0.15) is 0 Å². The van der Waals surface area contributed by atoms with E-state index in [4.69, 9.17) is 0 Å². The fraction of sp³-hybridized carbons (Fsp3) is 0.500. The predicted molar refractivity (Wildman–Crippen MR) is 91.0 cm³/mol. The Bertz CT molecular complexity index is 702. The zero-order chi connectivity index (χ0) is 15.2. The molecule has 116 valence electrons. The van der Waals surface area contributed by atoms with Gasteiger partial charge >= 0.3 is 0 Å². The van der Waals surface area contributed by atoms with Crippen LogP contribution >= 0.6 is 11.3 Å². The number of amides is 1. The number of thiophene rings is 1. The van der Waals surface area contributed by atoms with E-state index in [0.29, 0.717) is 0 Å². The highest BCUT2D eigenvalue weighted by Crippen LogP contribution is 2.56. The highest BCUT2D eigenvalue weighted by molar-refractivity contribution is 7.17. The highest BCUT2D eigenvalue weighted by atomic mass is 32.1. The van der Waals surface area contributed by atoms with Gasteiger partial charge in [0.25, 0.3) is 0 Å². The molecule has 3 nitrogen and oxygen atoms in total. The van der Waals surface area contributed by atoms with Gasteiger partial charge in [-0.1, -0.05) is 18.2 Å². The molecule has 1 amide bonds. The number of fused-ring (bicyclic) bond motifs is 1. The number of benzene rings is 1. The van der Waals surface area contributed by atoms with Crippen molar-refractivity contribution in [3.05, 3.63) is 35.2 Å². The molecule has 1 aromatic carbocycles. The molecule has 2 N–H and O–H groups in total. The van der Waals surface area contributed by atoms with Crippen molar-refractivity contribution in [3.63, 3.8) is 0 Å². The molecule has 1 spiro atoms. The molecule has 3 atom stereocenters. The number of rotatable bonds is 3. The monoisotopic (exact) mass is 314 g/mol. The first-order valence-electron chi connectivity index (χ1n) is 8.17. The summed E-state index contributed by atoms with van der Waals surface area (Å²) in [4.78, 5) is 12.6. The number of hydrogen-bond donors (Lipinski definition) is 2. The average Bonchev–Trinajstić information content (AvgIpc) is 3.05. The second-order valence-electron chi connectivity index (χ2n) is 6.82. The van der Waals surface area contributed by atoms with Crippen LogP contribution in [0.1, 0.15) is 37.8 Å². The fourth-order valence-electron chi connectivity index (χ4n) is 3.91. The Morgan fingerprint density at radius 2 is 2.32 bits per heavy atom. The van der Waals surface area contributed by atoms with Crippen LogP contribution in [0.5, 0.6) is 0 Å². The standard InChI is InChI=1S/C18H22N2OS/c1-12(14-10-22-16-6-3-2-5-13(14)16)20-17(21)15-9-18(15)7-4-8-19-11-18/h2-3,5-6,10,12,15,19H,4,7-9,11H2,1H3,(H,20,21). The van der Waals surface area contributed by atoms with Gasteiger partial charge in [-0.05, 0) is 60.5 Å². The molecule has 2 aromatic rings. The molecule has 1 aliphatic heterocycles. The smallest absolute Gasteiger partial charge is 0.224 e. The van der Waals surface area contributed by atoms with E-state index >= 15 is 0 Å². The Labute approximate surface area is 135 Å². The van der Waals surface area contributed by atoms with E-state index in [1.165, 1.54) is 28.5 Å². The second-order valence-corrected chi connectivity index (χ2v) is 7.73. The Morgan fingerprint density at radius 3 is 3.14 bits per heavy atom. The maximum absolute atomic E-state index is 12.6. The van der Waals surface area contributed by atoms with Crippen molar-refractivity contribution in [2.75, 3.05) is 13.1 Å². The summed E-state index contributed by atoms with van der Waals surface area (Å²) in [5.74, 6) is 0.458. The Morgan fingerprint density at radius 1 is 1.45 bits per heavy atom. The lowest BCUT2D eigenvalue weighted by molar-refractivity contribution is -0.123. The molecule has 0 radical (unpaired) electrons. The van der Waals surface area contributed by atoms with Gasteiger partial charge in [-0.25, -0.2) is 0 Å². The van der Waals surface area contributed by atoms with Crippen molar-refractivity contribution in [1.82, 2.24) is 10.6 Å². The number of carbonyl (C=O) groups is 1. The van der Waals surface area contributed by atoms with Gasteiger partial charge in [-0.3, -0.25) is 4.79 Å². The molecular formula is C18H22N2OS. The molecule has 22 heavy (non-hydrogen) atoms. The van der Waals surface area contributed by atoms with Crippen molar-refractivity contribution in [3.8, 4) is 0 Å². The SMILES string of the molecule is CC(NC(=O)C1CC12CCCNC2)c1csc2ccccc12. The van der Waals surface area contributed by atoms with Gasteiger partial charge in [0.1, 0.15) is 0 Å². The van der Waals surface area contributed by atoms with Gasteiger partial charge < -0.3 is 10.6 Å². The first-order valence-corrected chi connectivity index (χ1v) is 9.05. The molecule has 4 rings (SSSR count). The molecule has 1 aromatic heterocycles. The predicted octanol–water partition coefficient (Wildman–Crippen LogP) is 3.47. The quantitative estimate of drug-likeness (QED) is 0.911. The average molecular weight is 314 g/mol. The summed E-state index contributed by atoms with van der Waals surface area (Å²) in [5, 5.41) is 10.1. The van der Waals surface area contributed by atoms with Crippen molar-refractivity contribution >= 4 is 27.3 Å². The second kappa shape index (κ2) is 5.36. The van der Waals surface area contributed by atoms with Crippen molar-refractivity contribution in [1.29, 1.82) is 0 Å². The summed E-state index contributed by atoms with van der Waals surface area (Å²) >= 11 is 1.75. The Hall–Kier alpha value is -1.39. The Balaban J connectivity index is 1.46. The van der Waals surface area contributed by atoms with E-state index < -0.39 is 0 Å². The zero-order valence-corrected chi connectivity index (χ0v) is 13.7. The first kappa shape index (κ1) is 14.2. The first-order chi connectivity index (χ1) is 10.7. The van der Waals surface area contributed by atoms with Crippen LogP contribution in [-0.4, -0.2) is 19.0 Å². The van der Waals surface area contributed by atoms with Crippen molar-refractivity contribution in [2.24, 2.45) is 11.3 Å². The number of carbonyl (C=O) groups excluding carboxylic acids is 1. The lowest BCUT2D eigenvalue weighted by Crippen LogP contribution is -2.36. The number of hydrogen-bond acceptors (Lipinski definition) is 3. The van der Waals surface area contributed by atoms with E-state index in [9.17, 15) is 4.79 Å². The van der Waals surface area contributed by atoms with E-state index in [2.05, 4.69) is 47.2 Å². The van der Waals surface area contributed by atoms with Gasteiger partial charge in [-0.15, -0.1) is 11.3 Å². The molecule has 3 unspecified atom stereocenters. The van der Waals surface area contributed by atoms with Crippen molar-refractivity contribution in [2.45, 2.75) is 32.2 Å². The van der Waals surface area contributed by atoms with E-state index in [1.807, 2.05) is 0 Å². The van der Waals surface area contributed by atoms with Crippen LogP contribution in [0.2, 0.25) is 0 Å². The van der Waals surface area contributed by atoms with Crippen LogP contribution in [0.25, 0.3) is 10.1 Å². The molecule has 2 heterocycles. The van der Waals surface area contributed by atoms with E-state index in [0.717, 1.165) is 19.5 Å². The summed E-state index contributed by atoms with van der Waals surface area (Å²) in [5.41, 5.74) is 1.50. The van der Waals surface area contributed by atoms with Crippen LogP contribution in [0.4, 0.5) is 0 Å². The minimum absolute atomic E-state index is 0.0813. The van der Waals surface area contributed by atoms with Crippen LogP contribution in [0, 0.1) is 11.3 Å². The third-order valence-electron chi connectivity index (χ3n) is 5.35. The third-order valence-corrected chi connectivity index (χ3v) is 6.33. The largest absolute Gasteiger partial charge is 0.349 e. The van der Waals surface area contributed by atoms with Crippen LogP contribution in [0.3, 0.4) is 0 Å². The minimum Gasteiger partial charge on any atom is -0.349 e.